The summed E-state index contributed by atoms with van der Waals surface area (Å²) in [7, 11) is 0. The average Bonchev–Trinajstić information content (AvgIpc) is 2.16. The molecule has 0 radical (unpaired) electrons. The van der Waals surface area contributed by atoms with Gasteiger partial charge < -0.3 is 14.3 Å². The van der Waals surface area contributed by atoms with Crippen molar-refractivity contribution in [3.05, 3.63) is 12.2 Å². The van der Waals surface area contributed by atoms with Gasteiger partial charge >= 0.3 is 5.97 Å². The zero-order valence-corrected chi connectivity index (χ0v) is 8.14. The minimum Gasteiger partial charge on any atom is -0.463 e. The Labute approximate surface area is 82.9 Å². The van der Waals surface area contributed by atoms with Crippen LogP contribution in [0.25, 0.3) is 0 Å². The van der Waals surface area contributed by atoms with E-state index in [1.54, 1.807) is 0 Å². The smallest absolute Gasteiger partial charge is 0.302 e. The third-order valence-corrected chi connectivity index (χ3v) is 1.92. The highest BCUT2D eigenvalue weighted by Gasteiger charge is 2.18. The van der Waals surface area contributed by atoms with Gasteiger partial charge in [0.05, 0.1) is 12.2 Å². The summed E-state index contributed by atoms with van der Waals surface area (Å²) in [5.41, 5.74) is 0. The van der Waals surface area contributed by atoms with Crippen LogP contribution in [0.1, 0.15) is 19.8 Å². The van der Waals surface area contributed by atoms with Crippen molar-refractivity contribution in [2.45, 2.75) is 32.0 Å². The lowest BCUT2D eigenvalue weighted by atomic mass is 10.1. The molecule has 0 aliphatic carbocycles. The number of carbonyl (C=O) groups excluding carboxylic acids is 2. The summed E-state index contributed by atoms with van der Waals surface area (Å²) in [6, 6.07) is 0. The fourth-order valence-electron chi connectivity index (χ4n) is 1.28. The Hall–Kier alpha value is -1.16. The van der Waals surface area contributed by atoms with Gasteiger partial charge in [0, 0.05) is 13.3 Å². The Morgan fingerprint density at radius 2 is 2.50 bits per heavy atom. The van der Waals surface area contributed by atoms with Crippen LogP contribution in [0.15, 0.2) is 12.2 Å². The molecule has 1 heterocycles. The molecule has 4 nitrogen and oxygen atoms in total. The molecule has 78 valence electrons. The molecule has 0 fully saturated rings. The fourth-order valence-corrected chi connectivity index (χ4v) is 1.28. The number of esters is 1. The molecule has 14 heavy (non-hydrogen) atoms. The van der Waals surface area contributed by atoms with Crippen LogP contribution in [-0.4, -0.2) is 31.1 Å². The molecule has 2 atom stereocenters. The van der Waals surface area contributed by atoms with Crippen molar-refractivity contribution in [3.63, 3.8) is 0 Å². The lowest BCUT2D eigenvalue weighted by molar-refractivity contribution is -0.146. The average molecular weight is 198 g/mol. The number of ether oxygens (including phenoxy) is 2. The first-order chi connectivity index (χ1) is 6.72. The largest absolute Gasteiger partial charge is 0.463 e. The first-order valence-corrected chi connectivity index (χ1v) is 4.61. The van der Waals surface area contributed by atoms with Crippen LogP contribution in [0, 0.1) is 0 Å². The maximum Gasteiger partial charge on any atom is 0.302 e. The molecule has 1 rings (SSSR count). The van der Waals surface area contributed by atoms with Gasteiger partial charge in [0.1, 0.15) is 12.9 Å². The highest BCUT2D eigenvalue weighted by atomic mass is 16.6. The Morgan fingerprint density at radius 3 is 3.14 bits per heavy atom. The maximum atomic E-state index is 10.5. The second-order valence-electron chi connectivity index (χ2n) is 3.17. The molecule has 0 aromatic rings. The van der Waals surface area contributed by atoms with E-state index in [-0.39, 0.29) is 24.8 Å². The molecule has 4 heteroatoms. The van der Waals surface area contributed by atoms with E-state index in [1.807, 2.05) is 12.2 Å². The van der Waals surface area contributed by atoms with E-state index in [9.17, 15) is 9.59 Å². The van der Waals surface area contributed by atoms with Crippen molar-refractivity contribution in [1.82, 2.24) is 0 Å². The Bertz CT molecular complexity index is 234. The van der Waals surface area contributed by atoms with Gasteiger partial charge in [-0.25, -0.2) is 0 Å². The van der Waals surface area contributed by atoms with Gasteiger partial charge in [-0.2, -0.15) is 0 Å². The predicted octanol–water partition coefficient (Wildman–Crippen LogP) is 0.852. The topological polar surface area (TPSA) is 52.6 Å². The van der Waals surface area contributed by atoms with Crippen LogP contribution < -0.4 is 0 Å². The SMILES string of the molecule is CC(=O)OC[C@@H]1CC=C[C@@H](CC=O)O1. The Morgan fingerprint density at radius 1 is 1.71 bits per heavy atom. The van der Waals surface area contributed by atoms with E-state index in [0.29, 0.717) is 6.42 Å². The summed E-state index contributed by atoms with van der Waals surface area (Å²) in [6.45, 7) is 1.62. The van der Waals surface area contributed by atoms with Gasteiger partial charge in [-0.15, -0.1) is 0 Å². The second-order valence-corrected chi connectivity index (χ2v) is 3.17. The summed E-state index contributed by atoms with van der Waals surface area (Å²) in [5.74, 6) is -0.310. The molecule has 1 aliphatic rings. The van der Waals surface area contributed by atoms with Gasteiger partial charge in [0.15, 0.2) is 0 Å². The maximum absolute atomic E-state index is 10.5. The van der Waals surface area contributed by atoms with E-state index in [4.69, 9.17) is 9.47 Å². The third kappa shape index (κ3) is 3.70. The molecular formula is C10H14O4. The van der Waals surface area contributed by atoms with Gasteiger partial charge in [-0.05, 0) is 6.42 Å². The molecule has 0 saturated carbocycles. The normalized spacial score (nSPS) is 25.8. The fraction of sp³-hybridized carbons (Fsp3) is 0.600. The van der Waals surface area contributed by atoms with Crippen molar-refractivity contribution >= 4 is 12.3 Å². The van der Waals surface area contributed by atoms with Crippen LogP contribution in [0.2, 0.25) is 0 Å². The van der Waals surface area contributed by atoms with E-state index >= 15 is 0 Å². The summed E-state index contributed by atoms with van der Waals surface area (Å²) in [5, 5.41) is 0. The molecule has 1 aliphatic heterocycles. The van der Waals surface area contributed by atoms with Crippen LogP contribution in [-0.2, 0) is 19.1 Å². The number of hydrogen-bond acceptors (Lipinski definition) is 4. The highest BCUT2D eigenvalue weighted by Crippen LogP contribution is 2.14. The molecule has 0 bridgehead atoms. The molecule has 0 aromatic heterocycles. The van der Waals surface area contributed by atoms with Gasteiger partial charge in [-0.3, -0.25) is 4.79 Å². The van der Waals surface area contributed by atoms with Crippen molar-refractivity contribution in [2.75, 3.05) is 6.61 Å². The van der Waals surface area contributed by atoms with E-state index in [1.165, 1.54) is 6.92 Å². The predicted molar refractivity (Wildman–Crippen MR) is 49.7 cm³/mol. The quantitative estimate of drug-likeness (QED) is 0.382. The Kier molecular flexibility index (Phi) is 4.32. The van der Waals surface area contributed by atoms with E-state index in [2.05, 4.69) is 0 Å². The van der Waals surface area contributed by atoms with Crippen molar-refractivity contribution < 1.29 is 19.1 Å². The summed E-state index contributed by atoms with van der Waals surface area (Å²) >= 11 is 0. The van der Waals surface area contributed by atoms with Crippen LogP contribution in [0.3, 0.4) is 0 Å². The molecule has 0 saturated heterocycles. The minimum absolute atomic E-state index is 0.117. The van der Waals surface area contributed by atoms with Gasteiger partial charge in [0.2, 0.25) is 0 Å². The first kappa shape index (κ1) is 10.9. The number of rotatable bonds is 4. The zero-order chi connectivity index (χ0) is 10.4. The summed E-state index contributed by atoms with van der Waals surface area (Å²) in [4.78, 5) is 20.8. The van der Waals surface area contributed by atoms with Gasteiger partial charge in [-0.1, -0.05) is 12.2 Å². The van der Waals surface area contributed by atoms with Crippen LogP contribution in [0.4, 0.5) is 0 Å². The molecule has 0 spiro atoms. The lowest BCUT2D eigenvalue weighted by Crippen LogP contribution is -2.29. The van der Waals surface area contributed by atoms with E-state index < -0.39 is 0 Å². The third-order valence-electron chi connectivity index (χ3n) is 1.92. The lowest BCUT2D eigenvalue weighted by Gasteiger charge is -2.24. The number of aldehydes is 1. The monoisotopic (exact) mass is 198 g/mol. The molecular weight excluding hydrogens is 184 g/mol. The summed E-state index contributed by atoms with van der Waals surface area (Å²) in [6.07, 6.45) is 5.43. The zero-order valence-electron chi connectivity index (χ0n) is 8.14. The minimum atomic E-state index is -0.310. The second kappa shape index (κ2) is 5.54. The molecule has 0 amide bonds. The van der Waals surface area contributed by atoms with E-state index in [0.717, 1.165) is 12.7 Å². The number of carbonyl (C=O) groups is 2. The first-order valence-electron chi connectivity index (χ1n) is 4.61. The summed E-state index contributed by atoms with van der Waals surface area (Å²) < 4.78 is 10.3. The van der Waals surface area contributed by atoms with Crippen molar-refractivity contribution in [3.8, 4) is 0 Å². The van der Waals surface area contributed by atoms with Crippen molar-refractivity contribution in [1.29, 1.82) is 0 Å². The standard InChI is InChI=1S/C10H14O4/c1-8(12)13-7-10-4-2-3-9(14-10)5-6-11/h2-3,6,9-10H,4-5,7H2,1H3/t9-,10-/m0/s1. The molecule has 0 N–H and O–H groups in total. The molecule has 0 aromatic carbocycles. The van der Waals surface area contributed by atoms with Crippen LogP contribution >= 0.6 is 0 Å². The van der Waals surface area contributed by atoms with Gasteiger partial charge in [0.25, 0.3) is 0 Å². The number of hydrogen-bond donors (Lipinski definition) is 0. The van der Waals surface area contributed by atoms with Crippen LogP contribution in [0.5, 0.6) is 0 Å². The van der Waals surface area contributed by atoms with Crippen molar-refractivity contribution in [2.24, 2.45) is 0 Å². The molecule has 0 unspecified atom stereocenters. The Balaban J connectivity index is 2.31. The highest BCUT2D eigenvalue weighted by molar-refractivity contribution is 5.65.